The summed E-state index contributed by atoms with van der Waals surface area (Å²) in [5.74, 6) is -2.34. The monoisotopic (exact) mass is 327 g/mol. The standard InChI is InChI=1S/C14H18FN3O5/c1-9(2)16-13(19)7-17(3)8-14(20)23-12-6-10(15)4-5-11(12)18(21)22/h4-6,9H,7-8H2,1-3H3,(H,16,19). The normalized spacial score (nSPS) is 10.7. The number of nitro benzene ring substituents is 1. The van der Waals surface area contributed by atoms with Crippen LogP contribution in [0.4, 0.5) is 10.1 Å². The smallest absolute Gasteiger partial charge is 0.325 e. The van der Waals surface area contributed by atoms with Crippen LogP contribution in [0.2, 0.25) is 0 Å². The Morgan fingerprint density at radius 2 is 2.04 bits per heavy atom. The first-order valence-corrected chi connectivity index (χ1v) is 6.81. The van der Waals surface area contributed by atoms with Crippen LogP contribution in [0.15, 0.2) is 18.2 Å². The van der Waals surface area contributed by atoms with Gasteiger partial charge in [0.15, 0.2) is 0 Å². The highest BCUT2D eigenvalue weighted by Crippen LogP contribution is 2.27. The summed E-state index contributed by atoms with van der Waals surface area (Å²) in [6.07, 6.45) is 0. The number of ether oxygens (including phenoxy) is 1. The molecule has 0 aromatic heterocycles. The number of esters is 1. The number of benzene rings is 1. The van der Waals surface area contributed by atoms with Gasteiger partial charge in [-0.1, -0.05) is 0 Å². The molecule has 0 bridgehead atoms. The number of amides is 1. The van der Waals surface area contributed by atoms with Crippen molar-refractivity contribution in [2.75, 3.05) is 20.1 Å². The Morgan fingerprint density at radius 3 is 2.61 bits per heavy atom. The Labute approximate surface area is 132 Å². The van der Waals surface area contributed by atoms with Gasteiger partial charge in [0, 0.05) is 18.2 Å². The topological polar surface area (TPSA) is 102 Å². The van der Waals surface area contributed by atoms with E-state index in [4.69, 9.17) is 4.74 Å². The van der Waals surface area contributed by atoms with Crippen LogP contribution in [0, 0.1) is 15.9 Å². The summed E-state index contributed by atoms with van der Waals surface area (Å²) in [7, 11) is 1.52. The Hall–Kier alpha value is -2.55. The van der Waals surface area contributed by atoms with E-state index in [0.717, 1.165) is 18.2 Å². The fourth-order valence-electron chi connectivity index (χ4n) is 1.76. The van der Waals surface area contributed by atoms with Gasteiger partial charge in [-0.15, -0.1) is 0 Å². The summed E-state index contributed by atoms with van der Waals surface area (Å²) < 4.78 is 18.0. The van der Waals surface area contributed by atoms with Gasteiger partial charge < -0.3 is 10.1 Å². The Balaban J connectivity index is 2.65. The van der Waals surface area contributed by atoms with Crippen molar-refractivity contribution in [2.24, 2.45) is 0 Å². The summed E-state index contributed by atoms with van der Waals surface area (Å²) in [6.45, 7) is 3.28. The summed E-state index contributed by atoms with van der Waals surface area (Å²) in [6, 6.07) is 2.55. The highest BCUT2D eigenvalue weighted by molar-refractivity contribution is 5.80. The second-order valence-electron chi connectivity index (χ2n) is 5.24. The molecule has 0 fully saturated rings. The van der Waals surface area contributed by atoms with Gasteiger partial charge in [-0.25, -0.2) is 4.39 Å². The molecule has 0 aliphatic carbocycles. The van der Waals surface area contributed by atoms with Crippen LogP contribution in [0.25, 0.3) is 0 Å². The average Bonchev–Trinajstić information content (AvgIpc) is 2.36. The van der Waals surface area contributed by atoms with Crippen molar-refractivity contribution in [1.82, 2.24) is 10.2 Å². The quantitative estimate of drug-likeness (QED) is 0.348. The molecule has 1 aromatic carbocycles. The van der Waals surface area contributed by atoms with Gasteiger partial charge in [0.05, 0.1) is 18.0 Å². The third-order valence-corrected chi connectivity index (χ3v) is 2.60. The van der Waals surface area contributed by atoms with Crippen molar-refractivity contribution in [3.05, 3.63) is 34.1 Å². The third kappa shape index (κ3) is 6.39. The zero-order valence-corrected chi connectivity index (χ0v) is 13.0. The zero-order chi connectivity index (χ0) is 17.6. The average molecular weight is 327 g/mol. The number of nitrogens with one attached hydrogen (secondary N) is 1. The molecule has 0 aliphatic rings. The maximum atomic E-state index is 13.1. The minimum absolute atomic E-state index is 0.0298. The highest BCUT2D eigenvalue weighted by atomic mass is 19.1. The first-order chi connectivity index (χ1) is 10.7. The second kappa shape index (κ2) is 8.18. The molecule has 9 heteroatoms. The van der Waals surface area contributed by atoms with Gasteiger partial charge in [-0.2, -0.15) is 0 Å². The summed E-state index contributed by atoms with van der Waals surface area (Å²) in [4.78, 5) is 34.7. The zero-order valence-electron chi connectivity index (χ0n) is 13.0. The molecular formula is C14H18FN3O5. The number of hydrogen-bond donors (Lipinski definition) is 1. The molecule has 0 radical (unpaired) electrons. The summed E-state index contributed by atoms with van der Waals surface area (Å²) in [5, 5.41) is 13.5. The number of nitro groups is 1. The van der Waals surface area contributed by atoms with E-state index in [0.29, 0.717) is 0 Å². The highest BCUT2D eigenvalue weighted by Gasteiger charge is 2.20. The fourth-order valence-corrected chi connectivity index (χ4v) is 1.76. The van der Waals surface area contributed by atoms with Crippen molar-refractivity contribution in [3.8, 4) is 5.75 Å². The molecule has 23 heavy (non-hydrogen) atoms. The predicted octanol–water partition coefficient (Wildman–Crippen LogP) is 1.10. The third-order valence-electron chi connectivity index (χ3n) is 2.60. The number of carbonyl (C=O) groups is 2. The Bertz CT molecular complexity index is 606. The molecule has 1 aromatic rings. The number of carbonyl (C=O) groups excluding carboxylic acids is 2. The van der Waals surface area contributed by atoms with Crippen molar-refractivity contribution in [2.45, 2.75) is 19.9 Å². The molecule has 0 heterocycles. The lowest BCUT2D eigenvalue weighted by atomic mass is 10.3. The summed E-state index contributed by atoms with van der Waals surface area (Å²) >= 11 is 0. The number of nitrogens with zero attached hydrogens (tertiary/aromatic N) is 2. The van der Waals surface area contributed by atoms with Crippen LogP contribution in [0.1, 0.15) is 13.8 Å². The Morgan fingerprint density at radius 1 is 1.39 bits per heavy atom. The molecule has 0 spiro atoms. The van der Waals surface area contributed by atoms with E-state index in [1.165, 1.54) is 11.9 Å². The maximum absolute atomic E-state index is 13.1. The van der Waals surface area contributed by atoms with E-state index < -0.39 is 28.1 Å². The molecular weight excluding hydrogens is 309 g/mol. The Kier molecular flexibility index (Phi) is 6.58. The minimum Gasteiger partial charge on any atom is -0.418 e. The molecule has 126 valence electrons. The maximum Gasteiger partial charge on any atom is 0.325 e. The van der Waals surface area contributed by atoms with Crippen molar-refractivity contribution in [1.29, 1.82) is 0 Å². The molecule has 0 aliphatic heterocycles. The molecule has 1 N–H and O–H groups in total. The van der Waals surface area contributed by atoms with Crippen LogP contribution in [-0.4, -0.2) is 47.9 Å². The van der Waals surface area contributed by atoms with Crippen molar-refractivity contribution < 1.29 is 23.6 Å². The summed E-state index contributed by atoms with van der Waals surface area (Å²) in [5.41, 5.74) is -0.514. The molecule has 1 rings (SSSR count). The molecule has 1 amide bonds. The predicted molar refractivity (Wildman–Crippen MR) is 79.5 cm³/mol. The van der Waals surface area contributed by atoms with Crippen LogP contribution in [0.5, 0.6) is 5.75 Å². The first-order valence-electron chi connectivity index (χ1n) is 6.81. The first kappa shape index (κ1) is 18.5. The van der Waals surface area contributed by atoms with E-state index in [1.807, 2.05) is 0 Å². The van der Waals surface area contributed by atoms with E-state index in [2.05, 4.69) is 5.32 Å². The number of halogens is 1. The van der Waals surface area contributed by atoms with Crippen LogP contribution >= 0.6 is 0 Å². The van der Waals surface area contributed by atoms with Gasteiger partial charge in [0.25, 0.3) is 0 Å². The van der Waals surface area contributed by atoms with Crippen molar-refractivity contribution >= 4 is 17.6 Å². The van der Waals surface area contributed by atoms with Gasteiger partial charge >= 0.3 is 11.7 Å². The lowest BCUT2D eigenvalue weighted by Crippen LogP contribution is -2.40. The minimum atomic E-state index is -0.835. The van der Waals surface area contributed by atoms with E-state index in [-0.39, 0.29) is 25.0 Å². The number of likely N-dealkylation sites (N-methyl/N-ethyl adjacent to an activating group) is 1. The fraction of sp³-hybridized carbons (Fsp3) is 0.429. The second-order valence-corrected chi connectivity index (χ2v) is 5.24. The number of rotatable bonds is 7. The van der Waals surface area contributed by atoms with E-state index in [9.17, 15) is 24.1 Å². The van der Waals surface area contributed by atoms with Crippen LogP contribution in [-0.2, 0) is 9.59 Å². The molecule has 0 unspecified atom stereocenters. The van der Waals surface area contributed by atoms with Crippen LogP contribution in [0.3, 0.4) is 0 Å². The molecule has 0 saturated carbocycles. The van der Waals surface area contributed by atoms with Gasteiger partial charge in [-0.3, -0.25) is 24.6 Å². The molecule has 0 atom stereocenters. The van der Waals surface area contributed by atoms with Gasteiger partial charge in [0.1, 0.15) is 5.82 Å². The SMILES string of the molecule is CC(C)NC(=O)CN(C)CC(=O)Oc1cc(F)ccc1[N+](=O)[O-]. The van der Waals surface area contributed by atoms with E-state index in [1.54, 1.807) is 13.8 Å². The number of hydrogen-bond acceptors (Lipinski definition) is 6. The van der Waals surface area contributed by atoms with E-state index >= 15 is 0 Å². The van der Waals surface area contributed by atoms with Gasteiger partial charge in [-0.05, 0) is 27.0 Å². The largest absolute Gasteiger partial charge is 0.418 e. The lowest BCUT2D eigenvalue weighted by Gasteiger charge is -2.16. The molecule has 8 nitrogen and oxygen atoms in total. The van der Waals surface area contributed by atoms with Crippen LogP contribution < -0.4 is 10.1 Å². The lowest BCUT2D eigenvalue weighted by molar-refractivity contribution is -0.385. The molecule has 0 saturated heterocycles. The van der Waals surface area contributed by atoms with Gasteiger partial charge in [0.2, 0.25) is 11.7 Å². The van der Waals surface area contributed by atoms with Crippen molar-refractivity contribution in [3.63, 3.8) is 0 Å².